The third-order valence-corrected chi connectivity index (χ3v) is 2.75. The highest BCUT2D eigenvalue weighted by atomic mass is 16.5. The molecule has 1 aromatic heterocycles. The van der Waals surface area contributed by atoms with Gasteiger partial charge in [-0.3, -0.25) is 30.2 Å². The molecule has 126 valence electrons. The monoisotopic (exact) mass is 333 g/mol. The molecule has 0 radical (unpaired) electrons. The lowest BCUT2D eigenvalue weighted by Gasteiger charge is -2.14. The minimum Gasteiger partial charge on any atom is -0.468 e. The summed E-state index contributed by atoms with van der Waals surface area (Å²) in [7, 11) is 1.20. The number of carbonyl (C=O) groups is 3. The fourth-order valence-electron chi connectivity index (χ4n) is 1.54. The molecule has 0 aliphatic carbocycles. The van der Waals surface area contributed by atoms with Gasteiger partial charge >= 0.3 is 5.97 Å². The number of aromatic nitrogens is 1. The van der Waals surface area contributed by atoms with Gasteiger partial charge in [-0.2, -0.15) is 0 Å². The molecule has 24 heavy (non-hydrogen) atoms. The van der Waals surface area contributed by atoms with E-state index in [9.17, 15) is 14.4 Å². The van der Waals surface area contributed by atoms with Crippen molar-refractivity contribution in [2.45, 2.75) is 6.54 Å². The Morgan fingerprint density at radius 3 is 2.29 bits per heavy atom. The number of pyridine rings is 1. The first-order valence-corrected chi connectivity index (χ1v) is 6.80. The molecule has 2 rings (SSSR count). The van der Waals surface area contributed by atoms with E-state index in [0.717, 1.165) is 0 Å². The molecule has 11 nitrogen and oxygen atoms in total. The highest BCUT2D eigenvalue weighted by Crippen LogP contribution is 1.92. The second-order valence-electron chi connectivity index (χ2n) is 4.41. The SMILES string of the molecule is COC(=O)CNC(=O)C1=NNC(C(=O)NCc2ccccn2)=NN1. The summed E-state index contributed by atoms with van der Waals surface area (Å²) in [4.78, 5) is 38.6. The number of rotatable bonds is 6. The number of esters is 1. The first-order valence-electron chi connectivity index (χ1n) is 6.80. The average Bonchev–Trinajstić information content (AvgIpc) is 2.64. The lowest BCUT2D eigenvalue weighted by molar-refractivity contribution is -0.140. The van der Waals surface area contributed by atoms with E-state index in [-0.39, 0.29) is 24.8 Å². The van der Waals surface area contributed by atoms with Crippen LogP contribution >= 0.6 is 0 Å². The summed E-state index contributed by atoms with van der Waals surface area (Å²) in [6.07, 6.45) is 1.61. The number of nitrogens with one attached hydrogen (secondary N) is 4. The van der Waals surface area contributed by atoms with E-state index in [1.54, 1.807) is 24.4 Å². The van der Waals surface area contributed by atoms with Gasteiger partial charge in [-0.1, -0.05) is 6.07 Å². The number of hydrogen-bond acceptors (Lipinski definition) is 9. The van der Waals surface area contributed by atoms with E-state index in [0.29, 0.717) is 5.69 Å². The number of amidine groups is 2. The maximum Gasteiger partial charge on any atom is 0.325 e. The molecule has 4 N–H and O–H groups in total. The molecule has 1 aliphatic rings. The fraction of sp³-hybridized carbons (Fsp3) is 0.231. The molecule has 1 aliphatic heterocycles. The zero-order valence-electron chi connectivity index (χ0n) is 12.7. The maximum atomic E-state index is 11.9. The van der Waals surface area contributed by atoms with Gasteiger partial charge in [-0.15, -0.1) is 10.2 Å². The number of amides is 2. The summed E-state index contributed by atoms with van der Waals surface area (Å²) in [5.74, 6) is -2.11. The van der Waals surface area contributed by atoms with Crippen LogP contribution in [0, 0.1) is 0 Å². The van der Waals surface area contributed by atoms with Crippen LogP contribution in [0.2, 0.25) is 0 Å². The van der Waals surface area contributed by atoms with Crippen molar-refractivity contribution in [3.63, 3.8) is 0 Å². The van der Waals surface area contributed by atoms with Crippen molar-refractivity contribution in [2.75, 3.05) is 13.7 Å². The van der Waals surface area contributed by atoms with E-state index in [1.165, 1.54) is 7.11 Å². The third-order valence-electron chi connectivity index (χ3n) is 2.75. The van der Waals surface area contributed by atoms with E-state index in [1.807, 2.05) is 0 Å². The summed E-state index contributed by atoms with van der Waals surface area (Å²) in [5, 5.41) is 12.2. The molecule has 0 bridgehead atoms. The fourth-order valence-corrected chi connectivity index (χ4v) is 1.54. The average molecular weight is 333 g/mol. The van der Waals surface area contributed by atoms with Crippen LogP contribution in [0.1, 0.15) is 5.69 Å². The highest BCUT2D eigenvalue weighted by Gasteiger charge is 2.20. The Morgan fingerprint density at radius 2 is 1.75 bits per heavy atom. The van der Waals surface area contributed by atoms with E-state index < -0.39 is 17.8 Å². The molecule has 0 saturated heterocycles. The van der Waals surface area contributed by atoms with Crippen LogP contribution in [0.3, 0.4) is 0 Å². The molecule has 0 spiro atoms. The molecule has 0 saturated carbocycles. The highest BCUT2D eigenvalue weighted by molar-refractivity contribution is 6.42. The molecule has 1 aromatic rings. The Balaban J connectivity index is 1.79. The summed E-state index contributed by atoms with van der Waals surface area (Å²) >= 11 is 0. The van der Waals surface area contributed by atoms with Crippen molar-refractivity contribution in [1.29, 1.82) is 0 Å². The maximum absolute atomic E-state index is 11.9. The van der Waals surface area contributed by atoms with Gasteiger partial charge in [0.1, 0.15) is 6.54 Å². The number of hydrazone groups is 2. The van der Waals surface area contributed by atoms with E-state index in [4.69, 9.17) is 0 Å². The van der Waals surface area contributed by atoms with Crippen LogP contribution in [0.25, 0.3) is 0 Å². The van der Waals surface area contributed by atoms with Gasteiger partial charge in [0.25, 0.3) is 11.8 Å². The molecule has 0 unspecified atom stereocenters. The Kier molecular flexibility index (Phi) is 5.77. The van der Waals surface area contributed by atoms with Crippen LogP contribution in [-0.4, -0.2) is 48.1 Å². The van der Waals surface area contributed by atoms with Crippen LogP contribution < -0.4 is 21.5 Å². The predicted octanol–water partition coefficient (Wildman–Crippen LogP) is -2.19. The second-order valence-corrected chi connectivity index (χ2v) is 4.41. The molecule has 11 heteroatoms. The molecule has 0 aromatic carbocycles. The normalized spacial score (nSPS) is 12.7. The predicted molar refractivity (Wildman–Crippen MR) is 82.3 cm³/mol. The molecule has 0 atom stereocenters. The molecule has 2 amide bonds. The van der Waals surface area contributed by atoms with Gasteiger partial charge in [-0.25, -0.2) is 0 Å². The minimum atomic E-state index is -0.676. The number of hydrogen-bond donors (Lipinski definition) is 4. The van der Waals surface area contributed by atoms with E-state index in [2.05, 4.69) is 41.4 Å². The lowest BCUT2D eigenvalue weighted by Crippen LogP contribution is -2.48. The largest absolute Gasteiger partial charge is 0.468 e. The van der Waals surface area contributed by atoms with Crippen molar-refractivity contribution in [3.8, 4) is 0 Å². The first-order chi connectivity index (χ1) is 11.6. The van der Waals surface area contributed by atoms with Crippen LogP contribution in [0.5, 0.6) is 0 Å². The minimum absolute atomic E-state index is 0.115. The third kappa shape index (κ3) is 4.76. The van der Waals surface area contributed by atoms with Gasteiger partial charge in [0.05, 0.1) is 19.3 Å². The Bertz CT molecular complexity index is 687. The van der Waals surface area contributed by atoms with Gasteiger partial charge < -0.3 is 15.4 Å². The molecule has 2 heterocycles. The van der Waals surface area contributed by atoms with Gasteiger partial charge in [0, 0.05) is 6.20 Å². The number of methoxy groups -OCH3 is 1. The molecular weight excluding hydrogens is 318 g/mol. The van der Waals surface area contributed by atoms with Crippen molar-refractivity contribution >= 4 is 29.5 Å². The number of nitrogens with zero attached hydrogens (tertiary/aromatic N) is 3. The van der Waals surface area contributed by atoms with Crippen molar-refractivity contribution in [2.24, 2.45) is 10.2 Å². The standard InChI is InChI=1S/C13H15N7O4/c1-24-9(21)7-16-13(23)11-19-17-10(18-20-11)12(22)15-6-8-4-2-3-5-14-8/h2-5H,6-7H2,1H3,(H,15,22)(H,16,23)(H,17,18)(H,19,20). The van der Waals surface area contributed by atoms with Gasteiger partial charge in [-0.05, 0) is 12.1 Å². The quantitative estimate of drug-likeness (QED) is 0.432. The van der Waals surface area contributed by atoms with Crippen molar-refractivity contribution in [3.05, 3.63) is 30.1 Å². The zero-order valence-corrected chi connectivity index (χ0v) is 12.7. The summed E-state index contributed by atoms with van der Waals surface area (Å²) in [6, 6.07) is 5.33. The zero-order chi connectivity index (χ0) is 17.4. The van der Waals surface area contributed by atoms with Gasteiger partial charge in [0.2, 0.25) is 11.7 Å². The van der Waals surface area contributed by atoms with Crippen molar-refractivity contribution < 1.29 is 19.1 Å². The summed E-state index contributed by atoms with van der Waals surface area (Å²) < 4.78 is 4.38. The summed E-state index contributed by atoms with van der Waals surface area (Å²) in [5.41, 5.74) is 5.36. The summed E-state index contributed by atoms with van der Waals surface area (Å²) in [6.45, 7) is -0.0896. The number of ether oxygens (including phenoxy) is 1. The van der Waals surface area contributed by atoms with Crippen LogP contribution in [0.4, 0.5) is 0 Å². The Labute approximate surface area is 136 Å². The van der Waals surface area contributed by atoms with E-state index >= 15 is 0 Å². The van der Waals surface area contributed by atoms with Crippen LogP contribution in [-0.2, 0) is 25.7 Å². The molecular formula is C13H15N7O4. The number of carbonyl (C=O) groups excluding carboxylic acids is 3. The lowest BCUT2D eigenvalue weighted by atomic mass is 10.3. The Morgan fingerprint density at radius 1 is 1.08 bits per heavy atom. The smallest absolute Gasteiger partial charge is 0.325 e. The first kappa shape index (κ1) is 16.9. The molecule has 0 fully saturated rings. The topological polar surface area (TPSA) is 146 Å². The van der Waals surface area contributed by atoms with Crippen molar-refractivity contribution in [1.82, 2.24) is 26.5 Å². The Hall–Kier alpha value is -3.50. The van der Waals surface area contributed by atoms with Crippen LogP contribution in [0.15, 0.2) is 34.6 Å². The second kappa shape index (κ2) is 8.22. The van der Waals surface area contributed by atoms with Gasteiger partial charge in [0.15, 0.2) is 0 Å².